The molecule has 3 rings (SSSR count). The van der Waals surface area contributed by atoms with Crippen molar-refractivity contribution in [2.75, 3.05) is 38.4 Å². The molecule has 0 radical (unpaired) electrons. The maximum Gasteiger partial charge on any atom is 0.224 e. The zero-order chi connectivity index (χ0) is 24.2. The fourth-order valence-corrected chi connectivity index (χ4v) is 4.16. The molecule has 0 spiro atoms. The molecular weight excluding hydrogens is 434 g/mol. The summed E-state index contributed by atoms with van der Waals surface area (Å²) in [5.41, 5.74) is 8.44. The molecule has 0 atom stereocenters. The van der Waals surface area contributed by atoms with E-state index in [2.05, 4.69) is 54.1 Å². The lowest BCUT2D eigenvalue weighted by Gasteiger charge is -2.36. The van der Waals surface area contributed by atoms with E-state index in [-0.39, 0.29) is 5.04 Å². The average molecular weight is 470 g/mol. The van der Waals surface area contributed by atoms with Crippen molar-refractivity contribution in [1.82, 2.24) is 15.0 Å². The molecule has 1 aromatic carbocycles. The first-order valence-electron chi connectivity index (χ1n) is 11.1. The largest absolute Gasteiger partial charge is 0.497 e. The van der Waals surface area contributed by atoms with Crippen LogP contribution in [0.1, 0.15) is 27.2 Å². The molecule has 0 aliphatic rings. The minimum absolute atomic E-state index is 0.211. The molecule has 3 aromatic rings. The first-order valence-corrected chi connectivity index (χ1v) is 14.0. The van der Waals surface area contributed by atoms with Gasteiger partial charge in [0.25, 0.3) is 0 Å². The Morgan fingerprint density at radius 3 is 2.27 bits per heavy atom. The third kappa shape index (κ3) is 5.91. The highest BCUT2D eigenvalue weighted by Gasteiger charge is 2.36. The first-order chi connectivity index (χ1) is 15.5. The maximum absolute atomic E-state index is 6.28. The Bertz CT molecular complexity index is 1090. The van der Waals surface area contributed by atoms with Crippen molar-refractivity contribution in [3.63, 3.8) is 0 Å². The van der Waals surface area contributed by atoms with Gasteiger partial charge < -0.3 is 25.0 Å². The number of aromatic nitrogens is 3. The van der Waals surface area contributed by atoms with Gasteiger partial charge in [0.15, 0.2) is 14.0 Å². The van der Waals surface area contributed by atoms with Crippen molar-refractivity contribution >= 4 is 31.1 Å². The molecule has 0 aliphatic carbocycles. The second kappa shape index (κ2) is 9.92. The second-order valence-electron chi connectivity index (χ2n) is 9.52. The second-order valence-corrected chi connectivity index (χ2v) is 14.3. The van der Waals surface area contributed by atoms with Crippen molar-refractivity contribution in [3.05, 3.63) is 30.5 Å². The van der Waals surface area contributed by atoms with E-state index in [1.54, 1.807) is 20.4 Å². The van der Waals surface area contributed by atoms with Crippen LogP contribution in [0, 0.1) is 0 Å². The summed E-state index contributed by atoms with van der Waals surface area (Å²) >= 11 is 0. The molecule has 0 fully saturated rings. The van der Waals surface area contributed by atoms with Crippen molar-refractivity contribution in [2.24, 2.45) is 0 Å². The lowest BCUT2D eigenvalue weighted by atomic mass is 10.0. The number of nitrogens with two attached hydrogens (primary N) is 1. The van der Waals surface area contributed by atoms with Crippen molar-refractivity contribution in [2.45, 2.75) is 45.3 Å². The van der Waals surface area contributed by atoms with Crippen LogP contribution in [-0.2, 0) is 4.43 Å². The van der Waals surface area contributed by atoms with Gasteiger partial charge in [-0.05, 0) is 48.3 Å². The van der Waals surface area contributed by atoms with Gasteiger partial charge in [0, 0.05) is 36.4 Å². The minimum atomic E-state index is -1.72. The van der Waals surface area contributed by atoms with E-state index >= 15 is 0 Å². The predicted octanol–water partition coefficient (Wildman–Crippen LogP) is 5.12. The van der Waals surface area contributed by atoms with Crippen LogP contribution in [0.2, 0.25) is 18.1 Å². The molecule has 2 heterocycles. The van der Waals surface area contributed by atoms with Crippen molar-refractivity contribution in [3.8, 4) is 22.6 Å². The summed E-state index contributed by atoms with van der Waals surface area (Å²) in [6.45, 7) is 12.7. The fraction of sp³-hybridized carbons (Fsp3) is 0.458. The van der Waals surface area contributed by atoms with Crippen LogP contribution < -0.4 is 20.5 Å². The highest BCUT2D eigenvalue weighted by atomic mass is 28.4. The standard InChI is InChI=1S/C24H35N5O3Si/c1-24(2,3)33(6,7)32-10-8-9-26-23-27-15-17-13-20(21(25)28-22(17)29-23)16-11-18(30-4)14-19(12-16)31-5/h11-15H,8-10H2,1-7H3,(H3,25,26,27,28,29). The van der Waals surface area contributed by atoms with Gasteiger partial charge in [-0.15, -0.1) is 0 Å². The summed E-state index contributed by atoms with van der Waals surface area (Å²) in [6, 6.07) is 7.53. The third-order valence-corrected chi connectivity index (χ3v) is 10.7. The van der Waals surface area contributed by atoms with E-state index in [4.69, 9.17) is 19.6 Å². The average Bonchev–Trinajstić information content (AvgIpc) is 2.77. The van der Waals surface area contributed by atoms with Gasteiger partial charge in [-0.3, -0.25) is 0 Å². The summed E-state index contributed by atoms with van der Waals surface area (Å²) in [5, 5.41) is 4.27. The van der Waals surface area contributed by atoms with Gasteiger partial charge in [-0.2, -0.15) is 4.98 Å². The fourth-order valence-electron chi connectivity index (χ4n) is 3.07. The van der Waals surface area contributed by atoms with Crippen LogP contribution in [0.15, 0.2) is 30.5 Å². The highest BCUT2D eigenvalue weighted by Crippen LogP contribution is 2.36. The molecule has 33 heavy (non-hydrogen) atoms. The number of benzene rings is 1. The van der Waals surface area contributed by atoms with E-state index in [0.717, 1.165) is 36.1 Å². The minimum Gasteiger partial charge on any atom is -0.497 e. The number of rotatable bonds is 9. The summed E-state index contributed by atoms with van der Waals surface area (Å²) < 4.78 is 17.0. The van der Waals surface area contributed by atoms with E-state index < -0.39 is 8.32 Å². The molecule has 0 amide bonds. The van der Waals surface area contributed by atoms with Crippen molar-refractivity contribution < 1.29 is 13.9 Å². The summed E-state index contributed by atoms with van der Waals surface area (Å²) in [5.74, 6) is 2.26. The maximum atomic E-state index is 6.28. The highest BCUT2D eigenvalue weighted by molar-refractivity contribution is 6.74. The number of pyridine rings is 1. The summed E-state index contributed by atoms with van der Waals surface area (Å²) in [7, 11) is 1.51. The van der Waals surface area contributed by atoms with Gasteiger partial charge >= 0.3 is 0 Å². The zero-order valence-electron chi connectivity index (χ0n) is 20.7. The van der Waals surface area contributed by atoms with E-state index in [0.29, 0.717) is 28.9 Å². The van der Waals surface area contributed by atoms with Gasteiger partial charge in [0.05, 0.1) is 14.2 Å². The van der Waals surface area contributed by atoms with Crippen LogP contribution in [0.25, 0.3) is 22.2 Å². The first kappa shape index (κ1) is 24.7. The Labute approximate surface area is 197 Å². The number of ether oxygens (including phenoxy) is 2. The van der Waals surface area contributed by atoms with E-state index in [9.17, 15) is 0 Å². The molecule has 0 unspecified atom stereocenters. The number of anilines is 2. The molecule has 0 saturated carbocycles. The molecule has 0 aliphatic heterocycles. The predicted molar refractivity (Wildman–Crippen MR) is 137 cm³/mol. The molecule has 178 valence electrons. The van der Waals surface area contributed by atoms with E-state index in [1.807, 2.05) is 24.3 Å². The number of methoxy groups -OCH3 is 2. The van der Waals surface area contributed by atoms with Gasteiger partial charge in [0.2, 0.25) is 5.95 Å². The molecule has 3 N–H and O–H groups in total. The van der Waals surface area contributed by atoms with Crippen LogP contribution in [0.4, 0.5) is 11.8 Å². The number of nitrogens with one attached hydrogen (secondary N) is 1. The molecular formula is C24H35N5O3Si. The number of nitrogens with zero attached hydrogens (tertiary/aromatic N) is 3. The number of hydrogen-bond acceptors (Lipinski definition) is 8. The van der Waals surface area contributed by atoms with Gasteiger partial charge in [-0.25, -0.2) is 9.97 Å². The molecule has 9 heteroatoms. The lowest BCUT2D eigenvalue weighted by molar-refractivity contribution is 0.286. The normalized spacial score (nSPS) is 12.1. The smallest absolute Gasteiger partial charge is 0.224 e. The summed E-state index contributed by atoms with van der Waals surface area (Å²) in [6.07, 6.45) is 2.63. The topological polar surface area (TPSA) is 104 Å². The molecule has 2 aromatic heterocycles. The van der Waals surface area contributed by atoms with Gasteiger partial charge in [0.1, 0.15) is 17.3 Å². The Morgan fingerprint density at radius 2 is 1.67 bits per heavy atom. The lowest BCUT2D eigenvalue weighted by Crippen LogP contribution is -2.41. The van der Waals surface area contributed by atoms with Crippen LogP contribution in [-0.4, -0.2) is 50.6 Å². The van der Waals surface area contributed by atoms with E-state index in [1.165, 1.54) is 0 Å². The Hall–Kier alpha value is -2.91. The monoisotopic (exact) mass is 469 g/mol. The number of nitrogen functional groups attached to an aromatic ring is 1. The molecule has 0 bridgehead atoms. The summed E-state index contributed by atoms with van der Waals surface area (Å²) in [4.78, 5) is 13.5. The Morgan fingerprint density at radius 1 is 1.00 bits per heavy atom. The number of hydrogen-bond donors (Lipinski definition) is 2. The van der Waals surface area contributed by atoms with Gasteiger partial charge in [-0.1, -0.05) is 20.8 Å². The number of fused-ring (bicyclic) bond motifs is 1. The zero-order valence-corrected chi connectivity index (χ0v) is 21.7. The SMILES string of the molecule is COc1cc(OC)cc(-c2cc3cnc(NCCCO[Si](C)(C)C(C)(C)C)nc3nc2N)c1. The van der Waals surface area contributed by atoms with Crippen LogP contribution >= 0.6 is 0 Å². The van der Waals surface area contributed by atoms with Crippen LogP contribution in [0.3, 0.4) is 0 Å². The Kier molecular flexibility index (Phi) is 7.43. The molecule has 8 nitrogen and oxygen atoms in total. The molecule has 0 saturated heterocycles. The van der Waals surface area contributed by atoms with Crippen LogP contribution in [0.5, 0.6) is 11.5 Å². The Balaban J connectivity index is 1.70. The van der Waals surface area contributed by atoms with Crippen molar-refractivity contribution in [1.29, 1.82) is 0 Å². The quantitative estimate of drug-likeness (QED) is 0.329. The third-order valence-electron chi connectivity index (χ3n) is 6.13.